The summed E-state index contributed by atoms with van der Waals surface area (Å²) < 4.78 is 4.88. The van der Waals surface area contributed by atoms with Crippen LogP contribution in [0.15, 0.2) is 12.2 Å². The zero-order valence-corrected chi connectivity index (χ0v) is 10.7. The maximum absolute atomic E-state index is 11.1. The standard InChI is InChI=1S/C11H20N2O4/c1-12(2)9(13(3)4)7-8-17-11(16)6-5-10(14)15/h5-6,9H,7-8H2,1-4H3,(H,14,15)/b6-5+. The average molecular weight is 244 g/mol. The first-order chi connectivity index (χ1) is 7.84. The third-order valence-electron chi connectivity index (χ3n) is 2.17. The van der Waals surface area contributed by atoms with E-state index in [0.717, 1.165) is 12.2 Å². The molecule has 6 nitrogen and oxygen atoms in total. The van der Waals surface area contributed by atoms with E-state index in [1.54, 1.807) is 0 Å². The molecule has 0 heterocycles. The van der Waals surface area contributed by atoms with E-state index in [4.69, 9.17) is 9.84 Å². The van der Waals surface area contributed by atoms with Crippen LogP contribution in [0.2, 0.25) is 0 Å². The lowest BCUT2D eigenvalue weighted by Crippen LogP contribution is -2.41. The van der Waals surface area contributed by atoms with Crippen LogP contribution in [0.5, 0.6) is 0 Å². The van der Waals surface area contributed by atoms with Gasteiger partial charge in [-0.15, -0.1) is 0 Å². The second-order valence-corrected chi connectivity index (χ2v) is 4.04. The average Bonchev–Trinajstić information content (AvgIpc) is 2.20. The normalized spacial score (nSPS) is 11.7. The van der Waals surface area contributed by atoms with Crippen molar-refractivity contribution >= 4 is 11.9 Å². The zero-order chi connectivity index (χ0) is 13.4. The van der Waals surface area contributed by atoms with Gasteiger partial charge < -0.3 is 9.84 Å². The summed E-state index contributed by atoms with van der Waals surface area (Å²) in [6.45, 7) is 0.254. The fraction of sp³-hybridized carbons (Fsp3) is 0.636. The molecular weight excluding hydrogens is 224 g/mol. The number of hydrogen-bond acceptors (Lipinski definition) is 5. The Kier molecular flexibility index (Phi) is 7.16. The number of nitrogens with zero attached hydrogens (tertiary/aromatic N) is 2. The molecule has 0 rings (SSSR count). The Bertz CT molecular complexity index is 279. The Balaban J connectivity index is 3.97. The Morgan fingerprint density at radius 3 is 2.12 bits per heavy atom. The van der Waals surface area contributed by atoms with Gasteiger partial charge in [0.15, 0.2) is 0 Å². The Morgan fingerprint density at radius 2 is 1.71 bits per heavy atom. The van der Waals surface area contributed by atoms with Gasteiger partial charge in [-0.05, 0) is 28.2 Å². The summed E-state index contributed by atoms with van der Waals surface area (Å²) in [4.78, 5) is 25.3. The molecule has 17 heavy (non-hydrogen) atoms. The molecule has 0 atom stereocenters. The quantitative estimate of drug-likeness (QED) is 0.386. The molecule has 98 valence electrons. The van der Waals surface area contributed by atoms with Gasteiger partial charge in [0.05, 0.1) is 12.8 Å². The third kappa shape index (κ3) is 7.48. The van der Waals surface area contributed by atoms with Crippen molar-refractivity contribution in [2.45, 2.75) is 12.6 Å². The van der Waals surface area contributed by atoms with Crippen molar-refractivity contribution < 1.29 is 19.4 Å². The van der Waals surface area contributed by atoms with Gasteiger partial charge in [-0.25, -0.2) is 9.59 Å². The highest BCUT2D eigenvalue weighted by atomic mass is 16.5. The van der Waals surface area contributed by atoms with E-state index in [0.29, 0.717) is 6.42 Å². The van der Waals surface area contributed by atoms with Crippen LogP contribution in [0, 0.1) is 0 Å². The van der Waals surface area contributed by atoms with Crippen LogP contribution in [-0.2, 0) is 14.3 Å². The first-order valence-electron chi connectivity index (χ1n) is 5.25. The molecule has 0 aliphatic carbocycles. The van der Waals surface area contributed by atoms with E-state index in [2.05, 4.69) is 0 Å². The molecule has 0 spiro atoms. The summed E-state index contributed by atoms with van der Waals surface area (Å²) in [6.07, 6.45) is 2.50. The number of carboxylic acid groups (broad SMARTS) is 1. The molecule has 0 saturated carbocycles. The second-order valence-electron chi connectivity index (χ2n) is 4.04. The lowest BCUT2D eigenvalue weighted by atomic mass is 10.3. The van der Waals surface area contributed by atoms with Crippen LogP contribution in [0.3, 0.4) is 0 Å². The molecular formula is C11H20N2O4. The molecule has 0 bridgehead atoms. The smallest absolute Gasteiger partial charge is 0.331 e. The zero-order valence-electron chi connectivity index (χ0n) is 10.7. The van der Waals surface area contributed by atoms with Gasteiger partial charge >= 0.3 is 11.9 Å². The molecule has 0 fully saturated rings. The van der Waals surface area contributed by atoms with Gasteiger partial charge in [0.25, 0.3) is 0 Å². The fourth-order valence-corrected chi connectivity index (χ4v) is 1.43. The molecule has 0 aliphatic heterocycles. The van der Waals surface area contributed by atoms with Crippen LogP contribution >= 0.6 is 0 Å². The minimum absolute atomic E-state index is 0.172. The van der Waals surface area contributed by atoms with Crippen molar-refractivity contribution in [3.8, 4) is 0 Å². The first kappa shape index (κ1) is 15.6. The summed E-state index contributed by atoms with van der Waals surface area (Å²) in [5.74, 6) is -1.80. The van der Waals surface area contributed by atoms with Crippen molar-refractivity contribution in [2.24, 2.45) is 0 Å². The highest BCUT2D eigenvalue weighted by Gasteiger charge is 2.13. The molecule has 0 aromatic rings. The van der Waals surface area contributed by atoms with E-state index in [1.807, 2.05) is 38.0 Å². The predicted octanol–water partition coefficient (Wildman–Crippen LogP) is 0.00980. The minimum atomic E-state index is -1.17. The van der Waals surface area contributed by atoms with Gasteiger partial charge in [-0.2, -0.15) is 0 Å². The summed E-state index contributed by atoms with van der Waals surface area (Å²) in [5.41, 5.74) is 0. The summed E-state index contributed by atoms with van der Waals surface area (Å²) >= 11 is 0. The van der Waals surface area contributed by atoms with Crippen LogP contribution in [-0.4, -0.2) is 67.8 Å². The maximum atomic E-state index is 11.1. The molecule has 0 radical (unpaired) electrons. The SMILES string of the molecule is CN(C)C(CCOC(=O)/C=C/C(=O)O)N(C)C. The molecule has 6 heteroatoms. The van der Waals surface area contributed by atoms with Crippen LogP contribution < -0.4 is 0 Å². The third-order valence-corrected chi connectivity index (χ3v) is 2.17. The van der Waals surface area contributed by atoms with Crippen LogP contribution in [0.4, 0.5) is 0 Å². The maximum Gasteiger partial charge on any atom is 0.331 e. The van der Waals surface area contributed by atoms with E-state index in [9.17, 15) is 9.59 Å². The van der Waals surface area contributed by atoms with E-state index in [1.165, 1.54) is 0 Å². The number of carbonyl (C=O) groups is 2. The van der Waals surface area contributed by atoms with Crippen molar-refractivity contribution in [2.75, 3.05) is 34.8 Å². The number of carboxylic acids is 1. The number of aliphatic carboxylic acids is 1. The van der Waals surface area contributed by atoms with Crippen molar-refractivity contribution in [1.82, 2.24) is 9.80 Å². The molecule has 0 saturated heterocycles. The minimum Gasteiger partial charge on any atom is -0.478 e. The van der Waals surface area contributed by atoms with E-state index in [-0.39, 0.29) is 12.8 Å². The Hall–Kier alpha value is -1.40. The number of carbonyl (C=O) groups excluding carboxylic acids is 1. The van der Waals surface area contributed by atoms with Gasteiger partial charge in [0.2, 0.25) is 0 Å². The van der Waals surface area contributed by atoms with Gasteiger partial charge in [0.1, 0.15) is 0 Å². The van der Waals surface area contributed by atoms with Crippen LogP contribution in [0.1, 0.15) is 6.42 Å². The lowest BCUT2D eigenvalue weighted by Gasteiger charge is -2.30. The van der Waals surface area contributed by atoms with Gasteiger partial charge in [-0.3, -0.25) is 9.80 Å². The fourth-order valence-electron chi connectivity index (χ4n) is 1.43. The van der Waals surface area contributed by atoms with Gasteiger partial charge in [0, 0.05) is 18.6 Å². The topological polar surface area (TPSA) is 70.1 Å². The Morgan fingerprint density at radius 1 is 1.18 bits per heavy atom. The van der Waals surface area contributed by atoms with Crippen molar-refractivity contribution in [1.29, 1.82) is 0 Å². The van der Waals surface area contributed by atoms with E-state index < -0.39 is 11.9 Å². The molecule has 0 aromatic carbocycles. The van der Waals surface area contributed by atoms with Gasteiger partial charge in [-0.1, -0.05) is 0 Å². The highest BCUT2D eigenvalue weighted by Crippen LogP contribution is 2.03. The molecule has 0 aromatic heterocycles. The highest BCUT2D eigenvalue weighted by molar-refractivity contribution is 5.90. The first-order valence-corrected chi connectivity index (χ1v) is 5.25. The molecule has 0 unspecified atom stereocenters. The Labute approximate surface area is 101 Å². The second kappa shape index (κ2) is 7.81. The van der Waals surface area contributed by atoms with Crippen molar-refractivity contribution in [3.05, 3.63) is 12.2 Å². The number of hydrogen-bond donors (Lipinski definition) is 1. The molecule has 0 aliphatic rings. The van der Waals surface area contributed by atoms with Crippen LogP contribution in [0.25, 0.3) is 0 Å². The largest absolute Gasteiger partial charge is 0.478 e. The molecule has 1 N–H and O–H groups in total. The summed E-state index contributed by atoms with van der Waals surface area (Å²) in [6, 6.07) is 0. The number of ether oxygens (including phenoxy) is 1. The van der Waals surface area contributed by atoms with Crippen molar-refractivity contribution in [3.63, 3.8) is 0 Å². The monoisotopic (exact) mass is 244 g/mol. The lowest BCUT2D eigenvalue weighted by molar-refractivity contribution is -0.139. The molecule has 0 amide bonds. The number of esters is 1. The predicted molar refractivity (Wildman–Crippen MR) is 63.5 cm³/mol. The summed E-state index contributed by atoms with van der Waals surface area (Å²) in [5, 5.41) is 8.31. The number of rotatable bonds is 7. The van der Waals surface area contributed by atoms with E-state index >= 15 is 0 Å². The summed E-state index contributed by atoms with van der Waals surface area (Å²) in [7, 11) is 7.77.